The van der Waals surface area contributed by atoms with E-state index in [9.17, 15) is 4.79 Å². The van der Waals surface area contributed by atoms with Gasteiger partial charge in [-0.25, -0.2) is 0 Å². The summed E-state index contributed by atoms with van der Waals surface area (Å²) in [5.74, 6) is -0.129. The maximum atomic E-state index is 12.7. The molecular formula is C21H20Cl2N4O2S. The van der Waals surface area contributed by atoms with Gasteiger partial charge in [-0.15, -0.1) is 0 Å². The molecule has 156 valence electrons. The van der Waals surface area contributed by atoms with Crippen LogP contribution in [0.5, 0.6) is 0 Å². The van der Waals surface area contributed by atoms with Crippen LogP contribution in [0.3, 0.4) is 0 Å². The maximum absolute atomic E-state index is 12.7. The predicted octanol–water partition coefficient (Wildman–Crippen LogP) is 4.70. The zero-order valence-corrected chi connectivity index (χ0v) is 18.5. The molecule has 0 bridgehead atoms. The van der Waals surface area contributed by atoms with E-state index in [-0.39, 0.29) is 11.3 Å². The standard InChI is InChI=1S/C21H20Cl2N4O2S/c1-13-17(19(27-29-13)18-15(22)10-5-11-16(18)23)20(28)25-26-21(30)24-12-6-9-14-7-3-2-4-8-14/h2-5,7-8,10-11H,6,9,12H2,1H3,(H,25,28)(H2,24,26,30). The zero-order chi connectivity index (χ0) is 21.5. The summed E-state index contributed by atoms with van der Waals surface area (Å²) in [6.07, 6.45) is 1.84. The molecule has 0 aliphatic heterocycles. The molecule has 30 heavy (non-hydrogen) atoms. The summed E-state index contributed by atoms with van der Waals surface area (Å²) in [5, 5.41) is 8.07. The van der Waals surface area contributed by atoms with Crippen molar-refractivity contribution in [3.05, 3.63) is 75.5 Å². The molecule has 1 aromatic heterocycles. The first-order valence-corrected chi connectivity index (χ1v) is 10.4. The lowest BCUT2D eigenvalue weighted by atomic mass is 10.1. The third kappa shape index (κ3) is 5.50. The summed E-state index contributed by atoms with van der Waals surface area (Å²) in [6, 6.07) is 15.2. The van der Waals surface area contributed by atoms with Gasteiger partial charge in [0.2, 0.25) is 0 Å². The van der Waals surface area contributed by atoms with Crippen molar-refractivity contribution in [3.63, 3.8) is 0 Å². The van der Waals surface area contributed by atoms with E-state index < -0.39 is 5.91 Å². The molecule has 2 aromatic carbocycles. The maximum Gasteiger partial charge on any atom is 0.275 e. The minimum atomic E-state index is -0.465. The number of benzene rings is 2. The second-order valence-electron chi connectivity index (χ2n) is 6.48. The molecule has 3 N–H and O–H groups in total. The summed E-state index contributed by atoms with van der Waals surface area (Å²) < 4.78 is 5.21. The first-order chi connectivity index (χ1) is 14.5. The Morgan fingerprint density at radius 1 is 1.07 bits per heavy atom. The van der Waals surface area contributed by atoms with Gasteiger partial charge in [-0.05, 0) is 49.7 Å². The van der Waals surface area contributed by atoms with Gasteiger partial charge in [0.15, 0.2) is 5.11 Å². The fraction of sp³-hybridized carbons (Fsp3) is 0.190. The van der Waals surface area contributed by atoms with Gasteiger partial charge >= 0.3 is 0 Å². The third-order valence-corrected chi connectivity index (χ3v) is 5.23. The number of halogens is 2. The molecule has 3 rings (SSSR count). The second-order valence-corrected chi connectivity index (χ2v) is 7.71. The third-order valence-electron chi connectivity index (χ3n) is 4.35. The van der Waals surface area contributed by atoms with Gasteiger partial charge in [0.25, 0.3) is 5.91 Å². The molecule has 3 aromatic rings. The number of carbonyl (C=O) groups is 1. The van der Waals surface area contributed by atoms with Gasteiger partial charge in [-0.1, -0.05) is 64.8 Å². The Morgan fingerprint density at radius 2 is 1.77 bits per heavy atom. The Morgan fingerprint density at radius 3 is 2.47 bits per heavy atom. The minimum absolute atomic E-state index is 0.226. The number of hydrazine groups is 1. The van der Waals surface area contributed by atoms with Gasteiger partial charge in [0.1, 0.15) is 17.0 Å². The van der Waals surface area contributed by atoms with E-state index in [4.69, 9.17) is 39.9 Å². The fourth-order valence-corrected chi connectivity index (χ4v) is 3.62. The quantitative estimate of drug-likeness (QED) is 0.280. The van der Waals surface area contributed by atoms with Crippen LogP contribution >= 0.6 is 35.4 Å². The van der Waals surface area contributed by atoms with E-state index in [1.54, 1.807) is 25.1 Å². The Labute approximate surface area is 189 Å². The van der Waals surface area contributed by atoms with Gasteiger partial charge < -0.3 is 9.84 Å². The summed E-state index contributed by atoms with van der Waals surface area (Å²) in [7, 11) is 0. The summed E-state index contributed by atoms with van der Waals surface area (Å²) in [4.78, 5) is 12.7. The molecular weight excluding hydrogens is 443 g/mol. The number of rotatable bonds is 6. The van der Waals surface area contributed by atoms with Crippen LogP contribution in [0.15, 0.2) is 53.1 Å². The summed E-state index contributed by atoms with van der Waals surface area (Å²) >= 11 is 17.7. The number of carbonyl (C=O) groups excluding carboxylic acids is 1. The van der Waals surface area contributed by atoms with Crippen LogP contribution in [0, 0.1) is 6.92 Å². The van der Waals surface area contributed by atoms with Crippen molar-refractivity contribution in [1.82, 2.24) is 21.3 Å². The average Bonchev–Trinajstić information content (AvgIpc) is 3.11. The Kier molecular flexibility index (Phi) is 7.68. The Bertz CT molecular complexity index is 1020. The lowest BCUT2D eigenvalue weighted by Crippen LogP contribution is -2.47. The van der Waals surface area contributed by atoms with E-state index in [0.717, 1.165) is 12.8 Å². The molecule has 0 spiro atoms. The average molecular weight is 463 g/mol. The van der Waals surface area contributed by atoms with Crippen molar-refractivity contribution in [2.75, 3.05) is 6.54 Å². The van der Waals surface area contributed by atoms with Crippen molar-refractivity contribution < 1.29 is 9.32 Å². The minimum Gasteiger partial charge on any atom is -0.361 e. The first-order valence-electron chi connectivity index (χ1n) is 9.26. The van der Waals surface area contributed by atoms with Crippen molar-refractivity contribution in [3.8, 4) is 11.3 Å². The van der Waals surface area contributed by atoms with Gasteiger partial charge in [0.05, 0.1) is 10.0 Å². The highest BCUT2D eigenvalue weighted by molar-refractivity contribution is 7.80. The predicted molar refractivity (Wildman–Crippen MR) is 123 cm³/mol. The summed E-state index contributed by atoms with van der Waals surface area (Å²) in [6.45, 7) is 2.31. The van der Waals surface area contributed by atoms with Crippen molar-refractivity contribution in [2.24, 2.45) is 0 Å². The number of aromatic nitrogens is 1. The molecule has 0 aliphatic rings. The van der Waals surface area contributed by atoms with Crippen LogP contribution in [0.25, 0.3) is 11.3 Å². The van der Waals surface area contributed by atoms with Crippen molar-refractivity contribution in [2.45, 2.75) is 19.8 Å². The highest BCUT2D eigenvalue weighted by atomic mass is 35.5. The monoisotopic (exact) mass is 462 g/mol. The number of nitrogens with one attached hydrogen (secondary N) is 3. The topological polar surface area (TPSA) is 79.2 Å². The second kappa shape index (κ2) is 10.4. The molecule has 0 saturated carbocycles. The van der Waals surface area contributed by atoms with E-state index in [2.05, 4.69) is 33.5 Å². The number of aryl methyl sites for hydroxylation is 2. The van der Waals surface area contributed by atoms with Crippen LogP contribution in [-0.4, -0.2) is 22.7 Å². The summed E-state index contributed by atoms with van der Waals surface area (Å²) in [5.41, 5.74) is 7.44. The van der Waals surface area contributed by atoms with E-state index in [0.29, 0.717) is 33.0 Å². The molecule has 0 unspecified atom stereocenters. The SMILES string of the molecule is Cc1onc(-c2c(Cl)cccc2Cl)c1C(=O)NNC(=S)NCCCc1ccccc1. The number of amides is 1. The van der Waals surface area contributed by atoms with Crippen LogP contribution in [0.2, 0.25) is 10.0 Å². The van der Waals surface area contributed by atoms with E-state index >= 15 is 0 Å². The van der Waals surface area contributed by atoms with Gasteiger partial charge in [-0.3, -0.25) is 15.6 Å². The fourth-order valence-electron chi connectivity index (χ4n) is 2.89. The largest absolute Gasteiger partial charge is 0.361 e. The number of thiocarbonyl (C=S) groups is 1. The molecule has 6 nitrogen and oxygen atoms in total. The Hall–Kier alpha value is -2.61. The van der Waals surface area contributed by atoms with Crippen LogP contribution < -0.4 is 16.2 Å². The Balaban J connectivity index is 1.55. The van der Waals surface area contributed by atoms with Gasteiger partial charge in [-0.2, -0.15) is 0 Å². The molecule has 0 radical (unpaired) electrons. The highest BCUT2D eigenvalue weighted by Gasteiger charge is 2.24. The van der Waals surface area contributed by atoms with Crippen molar-refractivity contribution >= 4 is 46.4 Å². The molecule has 0 atom stereocenters. The molecule has 1 amide bonds. The number of hydrogen-bond donors (Lipinski definition) is 3. The number of hydrogen-bond acceptors (Lipinski definition) is 4. The molecule has 1 heterocycles. The molecule has 9 heteroatoms. The molecule has 0 fully saturated rings. The zero-order valence-electron chi connectivity index (χ0n) is 16.2. The van der Waals surface area contributed by atoms with E-state index in [1.807, 2.05) is 18.2 Å². The molecule has 0 saturated heterocycles. The van der Waals surface area contributed by atoms with Crippen LogP contribution in [0.4, 0.5) is 0 Å². The van der Waals surface area contributed by atoms with Crippen molar-refractivity contribution in [1.29, 1.82) is 0 Å². The van der Waals surface area contributed by atoms with Crippen LogP contribution in [0.1, 0.15) is 28.1 Å². The smallest absolute Gasteiger partial charge is 0.275 e. The molecule has 0 aliphatic carbocycles. The number of nitrogens with zero attached hydrogens (tertiary/aromatic N) is 1. The lowest BCUT2D eigenvalue weighted by Gasteiger charge is -2.12. The highest BCUT2D eigenvalue weighted by Crippen LogP contribution is 2.36. The lowest BCUT2D eigenvalue weighted by molar-refractivity contribution is 0.0942. The first kappa shape index (κ1) is 22.1. The normalized spacial score (nSPS) is 10.5. The van der Waals surface area contributed by atoms with Gasteiger partial charge in [0, 0.05) is 12.1 Å². The van der Waals surface area contributed by atoms with E-state index in [1.165, 1.54) is 5.56 Å². The van der Waals surface area contributed by atoms with Crippen LogP contribution in [-0.2, 0) is 6.42 Å².